The number of aryl methyl sites for hydroxylation is 1. The Morgan fingerprint density at radius 1 is 1.21 bits per heavy atom. The Bertz CT molecular complexity index is 418. The van der Waals surface area contributed by atoms with E-state index < -0.39 is 5.91 Å². The molecular formula is C13H19N3O3. The SMILES string of the molecule is NC(=O)COCCNC(=O)CCc1ccc(N)cc1. The van der Waals surface area contributed by atoms with E-state index in [-0.39, 0.29) is 19.1 Å². The fourth-order valence-electron chi connectivity index (χ4n) is 1.47. The fourth-order valence-corrected chi connectivity index (χ4v) is 1.47. The van der Waals surface area contributed by atoms with Crippen LogP contribution < -0.4 is 16.8 Å². The Morgan fingerprint density at radius 2 is 1.89 bits per heavy atom. The highest BCUT2D eigenvalue weighted by molar-refractivity contribution is 5.76. The van der Waals surface area contributed by atoms with E-state index in [4.69, 9.17) is 16.2 Å². The smallest absolute Gasteiger partial charge is 0.243 e. The van der Waals surface area contributed by atoms with Crippen molar-refractivity contribution < 1.29 is 14.3 Å². The first-order valence-electron chi connectivity index (χ1n) is 6.05. The second-order valence-corrected chi connectivity index (χ2v) is 4.11. The summed E-state index contributed by atoms with van der Waals surface area (Å²) in [4.78, 5) is 21.9. The van der Waals surface area contributed by atoms with Crippen LogP contribution in [0, 0.1) is 0 Å². The van der Waals surface area contributed by atoms with Gasteiger partial charge in [-0.15, -0.1) is 0 Å². The maximum absolute atomic E-state index is 11.5. The molecule has 0 fully saturated rings. The summed E-state index contributed by atoms with van der Waals surface area (Å²) in [5.41, 5.74) is 12.2. The third-order valence-electron chi connectivity index (χ3n) is 2.43. The van der Waals surface area contributed by atoms with E-state index in [0.29, 0.717) is 25.1 Å². The second-order valence-electron chi connectivity index (χ2n) is 4.11. The lowest BCUT2D eigenvalue weighted by atomic mass is 10.1. The van der Waals surface area contributed by atoms with Gasteiger partial charge in [0.15, 0.2) is 0 Å². The average molecular weight is 265 g/mol. The van der Waals surface area contributed by atoms with Crippen LogP contribution in [-0.2, 0) is 20.7 Å². The highest BCUT2D eigenvalue weighted by atomic mass is 16.5. The largest absolute Gasteiger partial charge is 0.399 e. The van der Waals surface area contributed by atoms with Crippen molar-refractivity contribution in [3.8, 4) is 0 Å². The molecule has 0 aliphatic rings. The summed E-state index contributed by atoms with van der Waals surface area (Å²) in [6.07, 6.45) is 1.06. The van der Waals surface area contributed by atoms with E-state index >= 15 is 0 Å². The molecule has 19 heavy (non-hydrogen) atoms. The highest BCUT2D eigenvalue weighted by Gasteiger charge is 2.02. The topological polar surface area (TPSA) is 107 Å². The summed E-state index contributed by atoms with van der Waals surface area (Å²) >= 11 is 0. The highest BCUT2D eigenvalue weighted by Crippen LogP contribution is 2.07. The van der Waals surface area contributed by atoms with Crippen LogP contribution in [0.2, 0.25) is 0 Å². The molecule has 6 nitrogen and oxygen atoms in total. The molecule has 0 spiro atoms. The van der Waals surface area contributed by atoms with Crippen LogP contribution in [0.5, 0.6) is 0 Å². The first-order valence-corrected chi connectivity index (χ1v) is 6.05. The van der Waals surface area contributed by atoms with E-state index in [1.165, 1.54) is 0 Å². The molecule has 1 rings (SSSR count). The zero-order valence-electron chi connectivity index (χ0n) is 10.7. The van der Waals surface area contributed by atoms with Gasteiger partial charge in [-0.05, 0) is 24.1 Å². The average Bonchev–Trinajstić information content (AvgIpc) is 2.37. The third kappa shape index (κ3) is 7.05. The molecule has 0 bridgehead atoms. The molecule has 0 atom stereocenters. The molecule has 0 aromatic heterocycles. The van der Waals surface area contributed by atoms with Gasteiger partial charge in [0.2, 0.25) is 11.8 Å². The minimum absolute atomic E-state index is 0.0560. The van der Waals surface area contributed by atoms with Crippen LogP contribution in [0.4, 0.5) is 5.69 Å². The molecule has 0 aliphatic heterocycles. The van der Waals surface area contributed by atoms with Crippen molar-refractivity contribution in [2.24, 2.45) is 5.73 Å². The Kier molecular flexibility index (Phi) is 6.38. The summed E-state index contributed by atoms with van der Waals surface area (Å²) in [5.74, 6) is -0.575. The lowest BCUT2D eigenvalue weighted by molar-refractivity contribution is -0.122. The molecule has 2 amide bonds. The summed E-state index contributed by atoms with van der Waals surface area (Å²) in [6, 6.07) is 7.42. The van der Waals surface area contributed by atoms with Gasteiger partial charge in [0.1, 0.15) is 6.61 Å². The predicted molar refractivity (Wildman–Crippen MR) is 72.2 cm³/mol. The predicted octanol–water partition coefficient (Wildman–Crippen LogP) is -0.180. The Morgan fingerprint density at radius 3 is 2.53 bits per heavy atom. The minimum atomic E-state index is -0.519. The third-order valence-corrected chi connectivity index (χ3v) is 2.43. The van der Waals surface area contributed by atoms with Crippen LogP contribution in [0.3, 0.4) is 0 Å². The number of nitrogens with two attached hydrogens (primary N) is 2. The van der Waals surface area contributed by atoms with E-state index in [1.54, 1.807) is 0 Å². The number of rotatable bonds is 8. The van der Waals surface area contributed by atoms with Crippen LogP contribution >= 0.6 is 0 Å². The quantitative estimate of drug-likeness (QED) is 0.447. The van der Waals surface area contributed by atoms with Gasteiger partial charge in [-0.3, -0.25) is 9.59 Å². The number of anilines is 1. The van der Waals surface area contributed by atoms with Gasteiger partial charge in [0.25, 0.3) is 0 Å². The van der Waals surface area contributed by atoms with Crippen molar-refractivity contribution in [1.82, 2.24) is 5.32 Å². The van der Waals surface area contributed by atoms with Crippen molar-refractivity contribution in [3.63, 3.8) is 0 Å². The van der Waals surface area contributed by atoms with Gasteiger partial charge in [-0.1, -0.05) is 12.1 Å². The van der Waals surface area contributed by atoms with Gasteiger partial charge in [-0.2, -0.15) is 0 Å². The Hall–Kier alpha value is -2.08. The zero-order valence-corrected chi connectivity index (χ0v) is 10.7. The first kappa shape index (κ1) is 15.0. The molecule has 0 saturated heterocycles. The lowest BCUT2D eigenvalue weighted by Crippen LogP contribution is -2.28. The molecule has 0 radical (unpaired) electrons. The summed E-state index contributed by atoms with van der Waals surface area (Å²) < 4.78 is 4.92. The number of nitrogens with one attached hydrogen (secondary N) is 1. The molecule has 5 N–H and O–H groups in total. The zero-order chi connectivity index (χ0) is 14.1. The molecule has 0 aliphatic carbocycles. The van der Waals surface area contributed by atoms with Gasteiger partial charge < -0.3 is 21.5 Å². The molecule has 1 aromatic rings. The van der Waals surface area contributed by atoms with Crippen LogP contribution in [-0.4, -0.2) is 31.6 Å². The number of ether oxygens (including phenoxy) is 1. The number of benzene rings is 1. The van der Waals surface area contributed by atoms with Gasteiger partial charge >= 0.3 is 0 Å². The number of nitrogen functional groups attached to an aromatic ring is 1. The molecule has 0 saturated carbocycles. The number of carbonyl (C=O) groups excluding carboxylic acids is 2. The summed E-state index contributed by atoms with van der Waals surface area (Å²) in [5, 5.41) is 2.70. The van der Waals surface area contributed by atoms with Crippen LogP contribution in [0.25, 0.3) is 0 Å². The molecule has 0 heterocycles. The van der Waals surface area contributed by atoms with Crippen molar-refractivity contribution >= 4 is 17.5 Å². The van der Waals surface area contributed by atoms with Gasteiger partial charge in [0, 0.05) is 18.7 Å². The number of hydrogen-bond donors (Lipinski definition) is 3. The molecular weight excluding hydrogens is 246 g/mol. The maximum atomic E-state index is 11.5. The van der Waals surface area contributed by atoms with Gasteiger partial charge in [-0.25, -0.2) is 0 Å². The van der Waals surface area contributed by atoms with E-state index in [1.807, 2.05) is 24.3 Å². The van der Waals surface area contributed by atoms with Crippen LogP contribution in [0.1, 0.15) is 12.0 Å². The monoisotopic (exact) mass is 265 g/mol. The summed E-state index contributed by atoms with van der Waals surface area (Å²) in [7, 11) is 0. The number of amides is 2. The molecule has 1 aromatic carbocycles. The molecule has 104 valence electrons. The first-order chi connectivity index (χ1) is 9.08. The maximum Gasteiger partial charge on any atom is 0.243 e. The summed E-state index contributed by atoms with van der Waals surface area (Å²) in [6.45, 7) is 0.520. The van der Waals surface area contributed by atoms with Crippen molar-refractivity contribution in [2.45, 2.75) is 12.8 Å². The fraction of sp³-hybridized carbons (Fsp3) is 0.385. The number of primary amides is 1. The van der Waals surface area contributed by atoms with Crippen molar-refractivity contribution in [3.05, 3.63) is 29.8 Å². The van der Waals surface area contributed by atoms with Crippen molar-refractivity contribution in [1.29, 1.82) is 0 Å². The normalized spacial score (nSPS) is 10.1. The van der Waals surface area contributed by atoms with E-state index in [0.717, 1.165) is 5.56 Å². The Labute approximate surface area is 112 Å². The van der Waals surface area contributed by atoms with E-state index in [9.17, 15) is 9.59 Å². The number of carbonyl (C=O) groups is 2. The van der Waals surface area contributed by atoms with Crippen molar-refractivity contribution in [2.75, 3.05) is 25.5 Å². The van der Waals surface area contributed by atoms with Crippen LogP contribution in [0.15, 0.2) is 24.3 Å². The minimum Gasteiger partial charge on any atom is -0.399 e. The lowest BCUT2D eigenvalue weighted by Gasteiger charge is -2.05. The Balaban J connectivity index is 2.11. The van der Waals surface area contributed by atoms with Gasteiger partial charge in [0.05, 0.1) is 6.61 Å². The second kappa shape index (κ2) is 8.10. The number of hydrogen-bond acceptors (Lipinski definition) is 4. The molecule has 0 unspecified atom stereocenters. The standard InChI is InChI=1S/C13H19N3O3/c14-11-4-1-10(2-5-11)3-6-13(18)16-7-8-19-9-12(15)17/h1-2,4-5H,3,6-9,14H2,(H2,15,17)(H,16,18). The molecule has 6 heteroatoms. The van der Waals surface area contributed by atoms with E-state index in [2.05, 4.69) is 5.32 Å².